The largest absolute Gasteiger partial charge is 0.370 e. The van der Waals surface area contributed by atoms with Crippen LogP contribution in [0.3, 0.4) is 0 Å². The van der Waals surface area contributed by atoms with E-state index >= 15 is 0 Å². The number of amides is 2. The predicted molar refractivity (Wildman–Crippen MR) is 118 cm³/mol. The molecule has 2 heterocycles. The Morgan fingerprint density at radius 1 is 1.35 bits per heavy atom. The third-order valence-corrected chi connectivity index (χ3v) is 6.39. The number of benzene rings is 1. The van der Waals surface area contributed by atoms with Gasteiger partial charge in [0.2, 0.25) is 17.5 Å². The van der Waals surface area contributed by atoms with Gasteiger partial charge in [-0.3, -0.25) is 9.59 Å². The number of thioether (sulfide) groups is 1. The molecule has 1 aliphatic rings. The van der Waals surface area contributed by atoms with Gasteiger partial charge in [-0.05, 0) is 17.5 Å². The smallest absolute Gasteiger partial charge is 0.235 e. The van der Waals surface area contributed by atoms with E-state index in [2.05, 4.69) is 15.9 Å². The van der Waals surface area contributed by atoms with Crippen molar-refractivity contribution in [3.05, 3.63) is 58.4 Å². The minimum absolute atomic E-state index is 0.109. The number of primary amides is 2. The van der Waals surface area contributed by atoms with Crippen molar-refractivity contribution in [2.45, 2.75) is 30.0 Å². The van der Waals surface area contributed by atoms with Gasteiger partial charge in [-0.2, -0.15) is 5.26 Å². The van der Waals surface area contributed by atoms with E-state index in [-0.39, 0.29) is 18.2 Å². The van der Waals surface area contributed by atoms with E-state index in [1.54, 1.807) is 12.1 Å². The zero-order valence-electron chi connectivity index (χ0n) is 17.0. The molecular formula is C22H22N6O2S. The van der Waals surface area contributed by atoms with Crippen LogP contribution in [0.2, 0.25) is 0 Å². The Morgan fingerprint density at radius 3 is 2.55 bits per heavy atom. The van der Waals surface area contributed by atoms with Crippen LogP contribution in [0, 0.1) is 23.8 Å². The molecule has 158 valence electrons. The summed E-state index contributed by atoms with van der Waals surface area (Å²) in [7, 11) is 0. The van der Waals surface area contributed by atoms with Gasteiger partial charge in [0.25, 0.3) is 0 Å². The average molecular weight is 435 g/mol. The summed E-state index contributed by atoms with van der Waals surface area (Å²) in [6.07, 6.45) is 0.745. The number of hydrogen-bond donors (Lipinski definition) is 2. The third kappa shape index (κ3) is 4.62. The summed E-state index contributed by atoms with van der Waals surface area (Å²) in [6, 6.07) is 11.2. The van der Waals surface area contributed by atoms with Crippen molar-refractivity contribution in [1.29, 1.82) is 5.26 Å². The molecule has 0 aliphatic carbocycles. The zero-order valence-corrected chi connectivity index (χ0v) is 17.9. The number of nitrogens with zero attached hydrogens (tertiary/aromatic N) is 4. The lowest BCUT2D eigenvalue weighted by Gasteiger charge is -2.41. The number of nitrogens with two attached hydrogens (primary N) is 2. The van der Waals surface area contributed by atoms with Crippen molar-refractivity contribution < 1.29 is 9.59 Å². The second-order valence-electron chi connectivity index (χ2n) is 7.27. The normalized spacial score (nSPS) is 14.2. The first-order valence-electron chi connectivity index (χ1n) is 9.78. The van der Waals surface area contributed by atoms with Crippen LogP contribution < -0.4 is 16.4 Å². The van der Waals surface area contributed by atoms with Crippen molar-refractivity contribution in [3.8, 4) is 6.07 Å². The van der Waals surface area contributed by atoms with Crippen LogP contribution in [0.25, 0.3) is 4.85 Å². The molecule has 1 atom stereocenters. The number of carbonyl (C=O) groups is 2. The molecule has 0 bridgehead atoms. The monoisotopic (exact) mass is 434 g/mol. The lowest BCUT2D eigenvalue weighted by molar-refractivity contribution is -0.119. The van der Waals surface area contributed by atoms with E-state index in [1.807, 2.05) is 30.0 Å². The number of aromatic nitrogens is 1. The Morgan fingerprint density at radius 2 is 2.03 bits per heavy atom. The summed E-state index contributed by atoms with van der Waals surface area (Å²) in [5, 5.41) is 9.47. The van der Waals surface area contributed by atoms with E-state index < -0.39 is 11.2 Å². The van der Waals surface area contributed by atoms with Gasteiger partial charge in [0.1, 0.15) is 22.2 Å². The molecule has 3 rings (SSSR count). The Kier molecular flexibility index (Phi) is 6.78. The number of anilines is 1. The fourth-order valence-corrected chi connectivity index (χ4v) is 4.72. The molecule has 4 N–H and O–H groups in total. The van der Waals surface area contributed by atoms with Crippen molar-refractivity contribution in [3.63, 3.8) is 0 Å². The zero-order chi connectivity index (χ0) is 22.5. The summed E-state index contributed by atoms with van der Waals surface area (Å²) < 4.78 is 0. The quantitative estimate of drug-likeness (QED) is 0.485. The molecule has 2 aromatic rings. The lowest BCUT2D eigenvalue weighted by atomic mass is 9.95. The van der Waals surface area contributed by atoms with E-state index in [4.69, 9.17) is 18.0 Å². The first-order valence-corrected chi connectivity index (χ1v) is 10.7. The minimum Gasteiger partial charge on any atom is -0.370 e. The Balaban J connectivity index is 2.04. The molecule has 0 saturated carbocycles. The molecule has 31 heavy (non-hydrogen) atoms. The number of rotatable bonds is 8. The highest BCUT2D eigenvalue weighted by Crippen LogP contribution is 2.43. The average Bonchev–Trinajstić information content (AvgIpc) is 2.73. The second-order valence-corrected chi connectivity index (χ2v) is 8.37. The first-order chi connectivity index (χ1) is 14.9. The fourth-order valence-electron chi connectivity index (χ4n) is 3.66. The van der Waals surface area contributed by atoms with Crippen LogP contribution in [-0.2, 0) is 16.0 Å². The van der Waals surface area contributed by atoms with Crippen LogP contribution in [0.1, 0.15) is 35.3 Å². The van der Waals surface area contributed by atoms with Crippen molar-refractivity contribution >= 4 is 35.1 Å². The summed E-state index contributed by atoms with van der Waals surface area (Å²) in [5.41, 5.74) is 12.9. The first kappa shape index (κ1) is 22.1. The van der Waals surface area contributed by atoms with Crippen LogP contribution in [0.4, 0.5) is 11.5 Å². The molecule has 1 unspecified atom stereocenters. The number of hydrogen-bond acceptors (Lipinski definition) is 6. The van der Waals surface area contributed by atoms with E-state index in [0.717, 1.165) is 11.8 Å². The molecule has 8 nitrogen and oxygen atoms in total. The highest BCUT2D eigenvalue weighted by Gasteiger charge is 2.33. The third-order valence-electron chi connectivity index (χ3n) is 5.13. The van der Waals surface area contributed by atoms with E-state index in [0.29, 0.717) is 52.7 Å². The van der Waals surface area contributed by atoms with Crippen molar-refractivity contribution in [2.75, 3.05) is 18.0 Å². The maximum absolute atomic E-state index is 12.2. The van der Waals surface area contributed by atoms with E-state index in [9.17, 15) is 14.9 Å². The fraction of sp³-hybridized carbons (Fsp3) is 0.318. The molecule has 1 saturated heterocycles. The molecule has 1 aliphatic heterocycles. The van der Waals surface area contributed by atoms with Crippen LogP contribution >= 0.6 is 11.8 Å². The van der Waals surface area contributed by atoms with Crippen LogP contribution in [-0.4, -0.2) is 29.9 Å². The number of pyridine rings is 1. The molecular weight excluding hydrogens is 412 g/mol. The van der Waals surface area contributed by atoms with Gasteiger partial charge in [0, 0.05) is 25.4 Å². The number of nitriles is 1. The van der Waals surface area contributed by atoms with Crippen LogP contribution in [0.15, 0.2) is 35.4 Å². The van der Waals surface area contributed by atoms with Gasteiger partial charge in [-0.25, -0.2) is 9.83 Å². The van der Waals surface area contributed by atoms with E-state index in [1.165, 1.54) is 0 Å². The highest BCUT2D eigenvalue weighted by atomic mass is 32.2. The standard InChI is InChI=1S/C22H22N6O2S/c1-3-15-16(10-23)22(31-19(20(25)30)14-7-5-4-6-8-14)27-21(18(15)26-2)28-11-13(12-28)9-17(24)29/h4-8,13,19H,3,9,11-12H2,1H3,(H2,24,29)(H2,25,30). The maximum atomic E-state index is 12.2. The van der Waals surface area contributed by atoms with Gasteiger partial charge >= 0.3 is 0 Å². The molecule has 1 aromatic carbocycles. The Labute approximate surface area is 185 Å². The lowest BCUT2D eigenvalue weighted by Crippen LogP contribution is -2.48. The van der Waals surface area contributed by atoms with Gasteiger partial charge in [-0.1, -0.05) is 49.0 Å². The number of carbonyl (C=O) groups excluding carboxylic acids is 2. The topological polar surface area (TPSA) is 130 Å². The van der Waals surface area contributed by atoms with Crippen LogP contribution in [0.5, 0.6) is 0 Å². The summed E-state index contributed by atoms with van der Waals surface area (Å²) in [5.74, 6) is -0.329. The van der Waals surface area contributed by atoms with Crippen molar-refractivity contribution in [2.24, 2.45) is 17.4 Å². The summed E-state index contributed by atoms with van der Waals surface area (Å²) >= 11 is 1.12. The van der Waals surface area contributed by atoms with Crippen molar-refractivity contribution in [1.82, 2.24) is 4.98 Å². The summed E-state index contributed by atoms with van der Waals surface area (Å²) in [4.78, 5) is 33.6. The summed E-state index contributed by atoms with van der Waals surface area (Å²) in [6.45, 7) is 10.6. The molecule has 2 amide bonds. The van der Waals surface area contributed by atoms with Gasteiger partial charge in [0.05, 0.1) is 12.1 Å². The van der Waals surface area contributed by atoms with Gasteiger partial charge < -0.3 is 16.4 Å². The Hall–Kier alpha value is -3.56. The molecule has 0 radical (unpaired) electrons. The molecule has 0 spiro atoms. The molecule has 1 aromatic heterocycles. The molecule has 1 fully saturated rings. The highest BCUT2D eigenvalue weighted by molar-refractivity contribution is 8.00. The SMILES string of the molecule is [C-]#[N+]c1c(N2CC(CC(N)=O)C2)nc(SC(C(N)=O)c2ccccc2)c(C#N)c1CC. The maximum Gasteiger partial charge on any atom is 0.235 e. The van der Waals surface area contributed by atoms with Gasteiger partial charge in [0.15, 0.2) is 0 Å². The predicted octanol–water partition coefficient (Wildman–Crippen LogP) is 2.70. The minimum atomic E-state index is -0.726. The Bertz CT molecular complexity index is 1080. The van der Waals surface area contributed by atoms with Gasteiger partial charge in [-0.15, -0.1) is 0 Å². The molecule has 9 heteroatoms. The second kappa shape index (κ2) is 9.50.